The molecule has 1 aromatic heterocycles. The molecule has 5 aliphatic rings. The normalized spacial score (nSPS) is 25.5. The van der Waals surface area contributed by atoms with Crippen molar-refractivity contribution < 1.29 is 0 Å². The van der Waals surface area contributed by atoms with E-state index in [1.165, 1.54) is 82.3 Å². The summed E-state index contributed by atoms with van der Waals surface area (Å²) < 4.78 is 2.64. The van der Waals surface area contributed by atoms with Gasteiger partial charge in [0.1, 0.15) is 5.82 Å². The maximum absolute atomic E-state index is 5.21. The van der Waals surface area contributed by atoms with Crippen molar-refractivity contribution in [2.75, 3.05) is 0 Å². The first kappa shape index (κ1) is 21.7. The van der Waals surface area contributed by atoms with Crippen LogP contribution in [0.25, 0.3) is 39.4 Å². The van der Waals surface area contributed by atoms with E-state index in [0.717, 1.165) is 25.1 Å². The zero-order chi connectivity index (χ0) is 24.7. The average Bonchev–Trinajstić information content (AvgIpc) is 3.07. The predicted molar refractivity (Wildman–Crippen MR) is 154 cm³/mol. The minimum absolute atomic E-state index is 0.219. The van der Waals surface area contributed by atoms with Crippen LogP contribution in [0.5, 0.6) is 0 Å². The molecule has 2 heteroatoms. The predicted octanol–water partition coefficient (Wildman–Crippen LogP) is 9.20. The Morgan fingerprint density at radius 2 is 1.62 bits per heavy atom. The molecule has 2 bridgehead atoms. The molecule has 3 aromatic rings. The molecule has 2 nitrogen and oxygen atoms in total. The van der Waals surface area contributed by atoms with Gasteiger partial charge in [-0.25, -0.2) is 4.98 Å². The highest BCUT2D eigenvalue weighted by atomic mass is 15.2. The number of rotatable bonds is 1. The van der Waals surface area contributed by atoms with Gasteiger partial charge in [-0.3, -0.25) is 0 Å². The molecule has 0 spiro atoms. The number of aromatic nitrogens is 2. The topological polar surface area (TPSA) is 17.8 Å². The van der Waals surface area contributed by atoms with E-state index in [-0.39, 0.29) is 5.54 Å². The molecule has 0 fully saturated rings. The first-order valence-corrected chi connectivity index (χ1v) is 14.3. The molecule has 184 valence electrons. The Morgan fingerprint density at radius 3 is 2.51 bits per heavy atom. The van der Waals surface area contributed by atoms with Crippen molar-refractivity contribution in [3.8, 4) is 22.6 Å². The van der Waals surface area contributed by atoms with Crippen LogP contribution in [-0.4, -0.2) is 9.55 Å². The molecule has 0 saturated carbocycles. The molecule has 0 N–H and O–H groups in total. The minimum atomic E-state index is -0.219. The van der Waals surface area contributed by atoms with Crippen LogP contribution in [0.2, 0.25) is 0 Å². The fourth-order valence-corrected chi connectivity index (χ4v) is 8.11. The minimum Gasteiger partial charge on any atom is -0.310 e. The summed E-state index contributed by atoms with van der Waals surface area (Å²) in [4.78, 5) is 5.21. The quantitative estimate of drug-likeness (QED) is 0.316. The molecular weight excluding hydrogens is 448 g/mol. The van der Waals surface area contributed by atoms with Crippen LogP contribution in [-0.2, 0) is 5.54 Å². The summed E-state index contributed by atoms with van der Waals surface area (Å²) in [7, 11) is 0. The maximum Gasteiger partial charge on any atom is 0.142 e. The van der Waals surface area contributed by atoms with E-state index in [4.69, 9.17) is 4.98 Å². The van der Waals surface area contributed by atoms with Crippen LogP contribution in [0.3, 0.4) is 0 Å². The van der Waals surface area contributed by atoms with Crippen molar-refractivity contribution in [2.45, 2.75) is 70.8 Å². The Labute approximate surface area is 220 Å². The molecular formula is C35H34N2. The molecule has 2 aliphatic heterocycles. The number of fused-ring (bicyclic) bond motifs is 7. The van der Waals surface area contributed by atoms with Crippen molar-refractivity contribution in [1.82, 2.24) is 9.55 Å². The van der Waals surface area contributed by atoms with E-state index in [1.807, 2.05) is 0 Å². The average molecular weight is 483 g/mol. The third-order valence-corrected chi connectivity index (χ3v) is 9.86. The molecule has 0 radical (unpaired) electrons. The summed E-state index contributed by atoms with van der Waals surface area (Å²) >= 11 is 0. The van der Waals surface area contributed by atoms with Crippen LogP contribution in [0.4, 0.5) is 0 Å². The molecule has 3 heterocycles. The molecule has 37 heavy (non-hydrogen) atoms. The number of benzene rings is 2. The molecule has 0 saturated heterocycles. The van der Waals surface area contributed by atoms with Crippen molar-refractivity contribution in [3.05, 3.63) is 94.7 Å². The maximum atomic E-state index is 5.21. The van der Waals surface area contributed by atoms with Gasteiger partial charge in [-0.1, -0.05) is 79.6 Å². The highest BCUT2D eigenvalue weighted by Gasteiger charge is 2.49. The lowest BCUT2D eigenvalue weighted by Crippen LogP contribution is -2.41. The number of allylic oxidation sites excluding steroid dienone is 8. The van der Waals surface area contributed by atoms with Crippen LogP contribution in [0, 0.1) is 5.92 Å². The van der Waals surface area contributed by atoms with Crippen LogP contribution >= 0.6 is 0 Å². The third-order valence-electron chi connectivity index (χ3n) is 9.86. The van der Waals surface area contributed by atoms with Gasteiger partial charge < -0.3 is 4.57 Å². The largest absolute Gasteiger partial charge is 0.310 e. The fourth-order valence-electron chi connectivity index (χ4n) is 8.11. The van der Waals surface area contributed by atoms with Gasteiger partial charge in [-0.2, -0.15) is 0 Å². The Kier molecular flexibility index (Phi) is 4.57. The Bertz CT molecular complexity index is 1600. The van der Waals surface area contributed by atoms with E-state index < -0.39 is 0 Å². The van der Waals surface area contributed by atoms with Crippen LogP contribution in [0.15, 0.2) is 78.0 Å². The van der Waals surface area contributed by atoms with Crippen LogP contribution in [0.1, 0.15) is 81.9 Å². The molecule has 2 aromatic carbocycles. The van der Waals surface area contributed by atoms with Gasteiger partial charge >= 0.3 is 0 Å². The van der Waals surface area contributed by atoms with Gasteiger partial charge in [-0.05, 0) is 96.8 Å². The number of hydrogen-bond acceptors (Lipinski definition) is 1. The Hall–Kier alpha value is -3.39. The number of imidazole rings is 1. The standard InChI is InChI=1S/C35H34N2/c1-22-19-30-28-14-7-8-15-29(28)34-36-21-32-33-26(23-11-5-3-4-6-12-23)17-10-18-27(33)24-13-9-16-25(22)31(20-24)35(30,2)37(32)34/h7-8,10-11,13-15,17-19,21-22H,3-6,9,12,16,20H2,1-2H3. The number of nitrogens with zero attached hydrogens (tertiary/aromatic N) is 2. The summed E-state index contributed by atoms with van der Waals surface area (Å²) in [5, 5.41) is 0. The summed E-state index contributed by atoms with van der Waals surface area (Å²) in [6.07, 6.45) is 19.5. The third kappa shape index (κ3) is 2.85. The van der Waals surface area contributed by atoms with Gasteiger partial charge in [0, 0.05) is 11.1 Å². The van der Waals surface area contributed by atoms with Gasteiger partial charge in [-0.15, -0.1) is 0 Å². The monoisotopic (exact) mass is 482 g/mol. The molecule has 2 atom stereocenters. The van der Waals surface area contributed by atoms with Gasteiger partial charge in [0.25, 0.3) is 0 Å². The lowest BCUT2D eigenvalue weighted by molar-refractivity contribution is 0.470. The SMILES string of the molecule is CC1C=C2c3ccccc3-c3ncc4n3C2(C)C2=C1CCC=C(C2)c1cccc(C2=CCCCCC2)c1-4. The second kappa shape index (κ2) is 7.81. The second-order valence-corrected chi connectivity index (χ2v) is 11.8. The molecule has 2 unspecified atom stereocenters. The highest BCUT2D eigenvalue weighted by molar-refractivity contribution is 5.96. The lowest BCUT2D eigenvalue weighted by atomic mass is 9.65. The zero-order valence-corrected chi connectivity index (χ0v) is 22.0. The zero-order valence-electron chi connectivity index (χ0n) is 22.0. The van der Waals surface area contributed by atoms with Gasteiger partial charge in [0.2, 0.25) is 0 Å². The van der Waals surface area contributed by atoms with E-state index >= 15 is 0 Å². The highest BCUT2D eigenvalue weighted by Crippen LogP contribution is 2.59. The van der Waals surface area contributed by atoms with E-state index in [0.29, 0.717) is 5.92 Å². The second-order valence-electron chi connectivity index (χ2n) is 11.8. The van der Waals surface area contributed by atoms with Crippen molar-refractivity contribution in [1.29, 1.82) is 0 Å². The van der Waals surface area contributed by atoms with Crippen molar-refractivity contribution >= 4 is 16.7 Å². The van der Waals surface area contributed by atoms with Gasteiger partial charge in [0.05, 0.1) is 17.4 Å². The molecule has 3 aliphatic carbocycles. The van der Waals surface area contributed by atoms with E-state index in [2.05, 4.69) is 85.3 Å². The summed E-state index contributed by atoms with van der Waals surface area (Å²) in [5.74, 6) is 1.59. The molecule has 0 amide bonds. The van der Waals surface area contributed by atoms with Gasteiger partial charge in [0.15, 0.2) is 0 Å². The first-order chi connectivity index (χ1) is 18.2. The number of hydrogen-bond donors (Lipinski definition) is 0. The Morgan fingerprint density at radius 1 is 0.838 bits per heavy atom. The fraction of sp³-hybridized carbons (Fsp3) is 0.343. The van der Waals surface area contributed by atoms with E-state index in [9.17, 15) is 0 Å². The summed E-state index contributed by atoms with van der Waals surface area (Å²) in [6.45, 7) is 4.91. The summed E-state index contributed by atoms with van der Waals surface area (Å²) in [6, 6.07) is 16.0. The first-order valence-electron chi connectivity index (χ1n) is 14.3. The lowest BCUT2D eigenvalue weighted by Gasteiger charge is -2.48. The Balaban J connectivity index is 1.52. The van der Waals surface area contributed by atoms with E-state index in [1.54, 1.807) is 11.1 Å². The summed E-state index contributed by atoms with van der Waals surface area (Å²) in [5.41, 5.74) is 15.7. The van der Waals surface area contributed by atoms with Crippen molar-refractivity contribution in [2.24, 2.45) is 5.92 Å². The molecule has 8 rings (SSSR count). The smallest absolute Gasteiger partial charge is 0.142 e. The van der Waals surface area contributed by atoms with Crippen molar-refractivity contribution in [3.63, 3.8) is 0 Å². The van der Waals surface area contributed by atoms with Crippen LogP contribution < -0.4 is 0 Å².